The third-order valence-corrected chi connectivity index (χ3v) is 5.73. The molecule has 0 aliphatic carbocycles. The molecule has 7 nitrogen and oxygen atoms in total. The fourth-order valence-corrected chi connectivity index (χ4v) is 4.21. The molecule has 0 unspecified atom stereocenters. The van der Waals surface area contributed by atoms with E-state index in [0.29, 0.717) is 21.7 Å². The predicted octanol–water partition coefficient (Wildman–Crippen LogP) is 4.17. The number of para-hydroxylation sites is 1. The highest BCUT2D eigenvalue weighted by atomic mass is 35.5. The maximum absolute atomic E-state index is 13.0. The molecule has 1 amide bonds. The number of carbonyl (C=O) groups is 1. The lowest BCUT2D eigenvalue weighted by Gasteiger charge is -2.29. The summed E-state index contributed by atoms with van der Waals surface area (Å²) in [5, 5.41) is 7.28. The van der Waals surface area contributed by atoms with Gasteiger partial charge in [0.15, 0.2) is 6.73 Å². The first-order chi connectivity index (χ1) is 14.6. The molecule has 2 aromatic carbocycles. The van der Waals surface area contributed by atoms with E-state index in [1.165, 1.54) is 22.2 Å². The summed E-state index contributed by atoms with van der Waals surface area (Å²) in [5.74, 6) is 0.262. The minimum atomic E-state index is -0.320. The van der Waals surface area contributed by atoms with Crippen molar-refractivity contribution in [2.24, 2.45) is 0 Å². The van der Waals surface area contributed by atoms with Crippen LogP contribution in [0.5, 0.6) is 5.88 Å². The number of amides is 1. The van der Waals surface area contributed by atoms with Gasteiger partial charge in [0.25, 0.3) is 5.91 Å². The van der Waals surface area contributed by atoms with Crippen LogP contribution < -0.4 is 20.3 Å². The molecule has 30 heavy (non-hydrogen) atoms. The van der Waals surface area contributed by atoms with Gasteiger partial charge in [-0.2, -0.15) is 4.98 Å². The van der Waals surface area contributed by atoms with E-state index in [0.717, 1.165) is 25.2 Å². The van der Waals surface area contributed by atoms with Crippen LogP contribution in [0, 0.1) is 0 Å². The van der Waals surface area contributed by atoms with Crippen LogP contribution in [-0.2, 0) is 13.0 Å². The van der Waals surface area contributed by atoms with Gasteiger partial charge in [-0.1, -0.05) is 35.3 Å². The van der Waals surface area contributed by atoms with Crippen LogP contribution in [0.25, 0.3) is 0 Å². The Labute approximate surface area is 183 Å². The van der Waals surface area contributed by atoms with Crippen molar-refractivity contribution in [1.29, 1.82) is 0 Å². The maximum atomic E-state index is 13.0. The van der Waals surface area contributed by atoms with E-state index in [1.54, 1.807) is 18.2 Å². The second-order valence-corrected chi connectivity index (χ2v) is 7.84. The Morgan fingerprint density at radius 3 is 2.80 bits per heavy atom. The minimum Gasteiger partial charge on any atom is -0.455 e. The topological polar surface area (TPSA) is 79.4 Å². The fourth-order valence-electron chi connectivity index (χ4n) is 3.61. The van der Waals surface area contributed by atoms with Gasteiger partial charge >= 0.3 is 0 Å². The minimum absolute atomic E-state index is 0.0441. The monoisotopic (exact) mass is 441 g/mol. The number of carbonyl (C=O) groups excluding carboxylic acids is 1. The molecule has 1 aromatic heterocycles. The van der Waals surface area contributed by atoms with Gasteiger partial charge in [-0.15, -0.1) is 0 Å². The molecule has 0 spiro atoms. The molecule has 3 aromatic rings. The zero-order valence-electron chi connectivity index (χ0n) is 15.8. The average Bonchev–Trinajstić information content (AvgIpc) is 2.75. The van der Waals surface area contributed by atoms with Crippen molar-refractivity contribution < 1.29 is 9.53 Å². The summed E-state index contributed by atoms with van der Waals surface area (Å²) in [4.78, 5) is 23.0. The fraction of sp³-hybridized carbons (Fsp3) is 0.190. The number of benzene rings is 2. The Bertz CT molecular complexity index is 1130. The number of hydrogen-bond donors (Lipinski definition) is 2. The lowest BCUT2D eigenvalue weighted by Crippen LogP contribution is -2.39. The molecule has 2 N–H and O–H groups in total. The largest absolute Gasteiger partial charge is 0.455 e. The number of rotatable bonds is 3. The van der Waals surface area contributed by atoms with Gasteiger partial charge in [0.2, 0.25) is 11.8 Å². The Balaban J connectivity index is 1.40. The third kappa shape index (κ3) is 3.45. The zero-order valence-corrected chi connectivity index (χ0v) is 17.3. The Morgan fingerprint density at radius 1 is 1.13 bits per heavy atom. The molecule has 5 rings (SSSR count). The Hall–Kier alpha value is -2.87. The van der Waals surface area contributed by atoms with E-state index in [-0.39, 0.29) is 24.1 Å². The third-order valence-electron chi connectivity index (χ3n) is 5.12. The molecule has 0 radical (unpaired) electrons. The first-order valence-electron chi connectivity index (χ1n) is 9.45. The molecule has 152 valence electrons. The van der Waals surface area contributed by atoms with E-state index < -0.39 is 0 Å². The summed E-state index contributed by atoms with van der Waals surface area (Å²) in [7, 11) is 0. The van der Waals surface area contributed by atoms with Crippen molar-refractivity contribution in [3.8, 4) is 5.88 Å². The Kier molecular flexibility index (Phi) is 4.94. The number of hydrogen-bond acceptors (Lipinski definition) is 6. The van der Waals surface area contributed by atoms with Gasteiger partial charge in [0.05, 0.1) is 15.7 Å². The van der Waals surface area contributed by atoms with Crippen molar-refractivity contribution in [1.82, 2.24) is 15.3 Å². The SMILES string of the molecule is O=C1c2cnc(Nc3ccc4c(c3)CCNC4)nc2OCN1c1c(Cl)cccc1Cl. The van der Waals surface area contributed by atoms with Gasteiger partial charge in [-0.3, -0.25) is 9.69 Å². The summed E-state index contributed by atoms with van der Waals surface area (Å²) in [6, 6.07) is 11.2. The van der Waals surface area contributed by atoms with Crippen LogP contribution in [0.15, 0.2) is 42.6 Å². The van der Waals surface area contributed by atoms with Crippen LogP contribution in [-0.4, -0.2) is 29.2 Å². The molecular weight excluding hydrogens is 425 g/mol. The molecule has 0 fully saturated rings. The molecule has 0 bridgehead atoms. The van der Waals surface area contributed by atoms with Crippen molar-refractivity contribution in [3.05, 3.63) is 69.3 Å². The van der Waals surface area contributed by atoms with E-state index in [1.807, 2.05) is 6.07 Å². The van der Waals surface area contributed by atoms with Crippen LogP contribution in [0.3, 0.4) is 0 Å². The second-order valence-electron chi connectivity index (χ2n) is 7.02. The van der Waals surface area contributed by atoms with Crippen molar-refractivity contribution in [2.75, 3.05) is 23.5 Å². The van der Waals surface area contributed by atoms with Crippen molar-refractivity contribution >= 4 is 46.4 Å². The molecule has 2 aliphatic rings. The van der Waals surface area contributed by atoms with E-state index in [9.17, 15) is 4.79 Å². The van der Waals surface area contributed by atoms with E-state index in [2.05, 4.69) is 32.7 Å². The van der Waals surface area contributed by atoms with Crippen LogP contribution in [0.4, 0.5) is 17.3 Å². The number of fused-ring (bicyclic) bond motifs is 2. The second kappa shape index (κ2) is 7.75. The van der Waals surface area contributed by atoms with Gasteiger partial charge in [0.1, 0.15) is 5.56 Å². The maximum Gasteiger partial charge on any atom is 0.268 e. The highest BCUT2D eigenvalue weighted by Gasteiger charge is 2.31. The number of nitrogens with zero attached hydrogens (tertiary/aromatic N) is 3. The smallest absolute Gasteiger partial charge is 0.268 e. The van der Waals surface area contributed by atoms with Crippen LogP contribution in [0.2, 0.25) is 10.0 Å². The lowest BCUT2D eigenvalue weighted by molar-refractivity contribution is 0.0932. The average molecular weight is 442 g/mol. The summed E-state index contributed by atoms with van der Waals surface area (Å²) in [6.07, 6.45) is 2.43. The Morgan fingerprint density at radius 2 is 1.97 bits per heavy atom. The summed E-state index contributed by atoms with van der Waals surface area (Å²) >= 11 is 12.5. The number of ether oxygens (including phenoxy) is 1. The van der Waals surface area contributed by atoms with E-state index >= 15 is 0 Å². The molecule has 2 aliphatic heterocycles. The predicted molar refractivity (Wildman–Crippen MR) is 116 cm³/mol. The summed E-state index contributed by atoms with van der Waals surface area (Å²) in [5.41, 5.74) is 4.14. The van der Waals surface area contributed by atoms with Gasteiger partial charge in [-0.05, 0) is 48.4 Å². The lowest BCUT2D eigenvalue weighted by atomic mass is 10.0. The van der Waals surface area contributed by atoms with Gasteiger partial charge in [0, 0.05) is 18.4 Å². The normalized spacial score (nSPS) is 15.3. The molecule has 0 atom stereocenters. The van der Waals surface area contributed by atoms with Crippen molar-refractivity contribution in [2.45, 2.75) is 13.0 Å². The number of halogens is 2. The first-order valence-corrected chi connectivity index (χ1v) is 10.2. The number of aromatic nitrogens is 2. The zero-order chi connectivity index (χ0) is 20.7. The number of anilines is 3. The standard InChI is InChI=1S/C21H17Cl2N5O2/c22-16-2-1-3-17(23)18(16)28-11-30-19-15(20(28)29)10-25-21(27-19)26-14-5-4-13-9-24-7-6-12(13)8-14/h1-5,8,10,24H,6-7,9,11H2,(H,25,26,27). The summed E-state index contributed by atoms with van der Waals surface area (Å²) < 4.78 is 5.73. The molecule has 9 heteroatoms. The van der Waals surface area contributed by atoms with Gasteiger partial charge < -0.3 is 15.4 Å². The van der Waals surface area contributed by atoms with Crippen LogP contribution >= 0.6 is 23.2 Å². The molecule has 0 saturated heterocycles. The highest BCUT2D eigenvalue weighted by molar-refractivity contribution is 6.40. The summed E-state index contributed by atoms with van der Waals surface area (Å²) in [6.45, 7) is 1.80. The van der Waals surface area contributed by atoms with E-state index in [4.69, 9.17) is 27.9 Å². The highest BCUT2D eigenvalue weighted by Crippen LogP contribution is 2.37. The molecular formula is C21H17Cl2N5O2. The first kappa shape index (κ1) is 19.1. The van der Waals surface area contributed by atoms with Crippen LogP contribution in [0.1, 0.15) is 21.5 Å². The van der Waals surface area contributed by atoms with Gasteiger partial charge in [-0.25, -0.2) is 4.98 Å². The quantitative estimate of drug-likeness (QED) is 0.634. The number of nitrogens with one attached hydrogen (secondary N) is 2. The molecule has 0 saturated carbocycles. The van der Waals surface area contributed by atoms with Crippen molar-refractivity contribution in [3.63, 3.8) is 0 Å². The molecule has 3 heterocycles.